The highest BCUT2D eigenvalue weighted by molar-refractivity contribution is 5.92. The average molecular weight is 486 g/mol. The van der Waals surface area contributed by atoms with Gasteiger partial charge < -0.3 is 24.3 Å². The van der Waals surface area contributed by atoms with Gasteiger partial charge in [0, 0.05) is 44.1 Å². The Hall–Kier alpha value is -3.10. The van der Waals surface area contributed by atoms with Gasteiger partial charge in [0.25, 0.3) is 0 Å². The number of likely N-dealkylation sites (tertiary alicyclic amines) is 2. The fourth-order valence-corrected chi connectivity index (χ4v) is 5.56. The molecule has 2 atom stereocenters. The molecule has 1 aliphatic carbocycles. The molecule has 35 heavy (non-hydrogen) atoms. The van der Waals surface area contributed by atoms with Crippen molar-refractivity contribution in [3.8, 4) is 0 Å². The third kappa shape index (κ3) is 5.44. The van der Waals surface area contributed by atoms with Crippen LogP contribution < -0.4 is 5.32 Å². The maximum Gasteiger partial charge on any atom is 0.318 e. The normalized spacial score (nSPS) is 24.3. The Morgan fingerprint density at radius 1 is 1.29 bits per heavy atom. The predicted octanol–water partition coefficient (Wildman–Crippen LogP) is 2.76. The van der Waals surface area contributed by atoms with Crippen molar-refractivity contribution in [3.63, 3.8) is 0 Å². The van der Waals surface area contributed by atoms with Gasteiger partial charge >= 0.3 is 5.97 Å². The highest BCUT2D eigenvalue weighted by Gasteiger charge is 2.54. The van der Waals surface area contributed by atoms with Gasteiger partial charge in [0.1, 0.15) is 11.2 Å². The number of hydrogen-bond acceptors (Lipinski definition) is 6. The summed E-state index contributed by atoms with van der Waals surface area (Å²) in [6.45, 7) is 4.08. The molecule has 0 radical (unpaired) electrons. The number of piperidine rings is 1. The van der Waals surface area contributed by atoms with E-state index in [0.29, 0.717) is 43.8 Å². The number of fused-ring (bicyclic) bond motifs is 1. The van der Waals surface area contributed by atoms with Crippen LogP contribution in [0.3, 0.4) is 0 Å². The van der Waals surface area contributed by atoms with Crippen LogP contribution in [0.25, 0.3) is 0 Å². The number of nitrogens with zero attached hydrogens (tertiary/aromatic N) is 2. The Morgan fingerprint density at radius 2 is 2.14 bits per heavy atom. The third-order valence-electron chi connectivity index (χ3n) is 7.23. The molecule has 1 N–H and O–H groups in total. The zero-order valence-electron chi connectivity index (χ0n) is 20.4. The van der Waals surface area contributed by atoms with Crippen molar-refractivity contribution >= 4 is 23.7 Å². The molecule has 2 aliphatic heterocycles. The Kier molecular flexibility index (Phi) is 7.93. The Labute approximate surface area is 205 Å². The van der Waals surface area contributed by atoms with Crippen LogP contribution >= 0.6 is 0 Å². The maximum atomic E-state index is 13.6. The largest absolute Gasteiger partial charge is 0.467 e. The number of carbonyl (C=O) groups is 4. The van der Waals surface area contributed by atoms with Crippen LogP contribution in [-0.4, -0.2) is 59.7 Å². The molecule has 0 unspecified atom stereocenters. The molecule has 2 saturated heterocycles. The third-order valence-corrected chi connectivity index (χ3v) is 7.23. The summed E-state index contributed by atoms with van der Waals surface area (Å²) >= 11 is 0. The van der Waals surface area contributed by atoms with Crippen LogP contribution in [0.5, 0.6) is 0 Å². The maximum absolute atomic E-state index is 13.6. The number of esters is 1. The lowest BCUT2D eigenvalue weighted by Crippen LogP contribution is -2.54. The lowest BCUT2D eigenvalue weighted by molar-refractivity contribution is -0.162. The van der Waals surface area contributed by atoms with Crippen LogP contribution in [0.15, 0.2) is 34.6 Å². The number of ether oxygens (including phenoxy) is 1. The first-order valence-corrected chi connectivity index (χ1v) is 12.7. The SMILES string of the molecule is CCOC(=O)[C@]12CCCC=C1N(Cc1ccco1)C(=O)[C@@H](CC(=O)NCCCN1CCCC1=O)C2. The van der Waals surface area contributed by atoms with Gasteiger partial charge in [-0.1, -0.05) is 6.08 Å². The molecule has 1 aromatic heterocycles. The number of allylic oxidation sites excluding steroid dienone is 1. The average Bonchev–Trinajstić information content (AvgIpc) is 3.51. The standard InChI is InChI=1S/C26H35N3O6/c1-2-34-25(33)26-11-4-3-9-21(26)29(18-20-8-6-15-35-20)24(32)19(17-26)16-22(30)27-12-7-14-28-13-5-10-23(28)31/h6,8-9,15,19H,2-5,7,10-14,16-18H2,1H3,(H,27,30)/t19-,26-/m0/s1. The molecule has 9 nitrogen and oxygen atoms in total. The van der Waals surface area contributed by atoms with E-state index in [1.807, 2.05) is 11.0 Å². The van der Waals surface area contributed by atoms with E-state index in [-0.39, 0.29) is 49.7 Å². The zero-order valence-corrected chi connectivity index (χ0v) is 20.4. The highest BCUT2D eigenvalue weighted by atomic mass is 16.5. The summed E-state index contributed by atoms with van der Waals surface area (Å²) in [5, 5.41) is 2.89. The summed E-state index contributed by atoms with van der Waals surface area (Å²) in [7, 11) is 0. The van der Waals surface area contributed by atoms with Gasteiger partial charge in [-0.2, -0.15) is 0 Å². The molecular weight excluding hydrogens is 450 g/mol. The fraction of sp³-hybridized carbons (Fsp3) is 0.615. The minimum absolute atomic E-state index is 0.00453. The quantitative estimate of drug-likeness (QED) is 0.403. The summed E-state index contributed by atoms with van der Waals surface area (Å²) in [5.74, 6) is -0.581. The first kappa shape index (κ1) is 25.0. The number of hydrogen-bond donors (Lipinski definition) is 1. The van der Waals surface area contributed by atoms with Crippen LogP contribution in [0, 0.1) is 11.3 Å². The predicted molar refractivity (Wildman–Crippen MR) is 126 cm³/mol. The zero-order chi connectivity index (χ0) is 24.8. The lowest BCUT2D eigenvalue weighted by atomic mass is 9.66. The first-order valence-electron chi connectivity index (χ1n) is 12.7. The molecule has 3 amide bonds. The molecule has 0 saturated carbocycles. The molecular formula is C26H35N3O6. The summed E-state index contributed by atoms with van der Waals surface area (Å²) in [4.78, 5) is 54.8. The van der Waals surface area contributed by atoms with Gasteiger partial charge in [0.2, 0.25) is 17.7 Å². The van der Waals surface area contributed by atoms with Crippen molar-refractivity contribution in [3.05, 3.63) is 35.9 Å². The number of carbonyl (C=O) groups excluding carboxylic acids is 4. The summed E-state index contributed by atoms with van der Waals surface area (Å²) in [6.07, 6.45) is 8.14. The van der Waals surface area contributed by atoms with Crippen LogP contribution in [0.1, 0.15) is 64.1 Å². The second-order valence-electron chi connectivity index (χ2n) is 9.58. The summed E-state index contributed by atoms with van der Waals surface area (Å²) in [6, 6.07) is 3.56. The van der Waals surface area contributed by atoms with E-state index in [0.717, 1.165) is 25.8 Å². The first-order chi connectivity index (χ1) is 16.9. The molecule has 0 spiro atoms. The molecule has 2 fully saturated rings. The second kappa shape index (κ2) is 11.1. The van der Waals surface area contributed by atoms with Crippen LogP contribution in [0.2, 0.25) is 0 Å². The Balaban J connectivity index is 1.45. The molecule has 4 rings (SSSR count). The number of furan rings is 1. The molecule has 1 aromatic rings. The van der Waals surface area contributed by atoms with Crippen molar-refractivity contribution < 1.29 is 28.3 Å². The van der Waals surface area contributed by atoms with Crippen molar-refractivity contribution in [2.24, 2.45) is 11.3 Å². The van der Waals surface area contributed by atoms with E-state index >= 15 is 0 Å². The molecule has 9 heteroatoms. The monoisotopic (exact) mass is 485 g/mol. The van der Waals surface area contributed by atoms with E-state index < -0.39 is 11.3 Å². The van der Waals surface area contributed by atoms with Gasteiger partial charge in [0.15, 0.2) is 0 Å². The summed E-state index contributed by atoms with van der Waals surface area (Å²) in [5.41, 5.74) is -0.258. The van der Waals surface area contributed by atoms with E-state index in [2.05, 4.69) is 5.32 Å². The van der Waals surface area contributed by atoms with Crippen molar-refractivity contribution in [1.29, 1.82) is 0 Å². The summed E-state index contributed by atoms with van der Waals surface area (Å²) < 4.78 is 11.0. The highest BCUT2D eigenvalue weighted by Crippen LogP contribution is 2.50. The van der Waals surface area contributed by atoms with Crippen LogP contribution in [-0.2, 0) is 30.5 Å². The van der Waals surface area contributed by atoms with Crippen molar-refractivity contribution in [2.45, 2.75) is 64.8 Å². The van der Waals surface area contributed by atoms with Crippen molar-refractivity contribution in [1.82, 2.24) is 15.1 Å². The van der Waals surface area contributed by atoms with Crippen LogP contribution in [0.4, 0.5) is 0 Å². The second-order valence-corrected chi connectivity index (χ2v) is 9.58. The minimum Gasteiger partial charge on any atom is -0.467 e. The molecule has 190 valence electrons. The molecule has 3 aliphatic rings. The Bertz CT molecular complexity index is 972. The smallest absolute Gasteiger partial charge is 0.318 e. The number of nitrogens with one attached hydrogen (secondary N) is 1. The van der Waals surface area contributed by atoms with Gasteiger partial charge in [-0.25, -0.2) is 0 Å². The van der Waals surface area contributed by atoms with Gasteiger partial charge in [-0.05, 0) is 57.6 Å². The molecule has 3 heterocycles. The van der Waals surface area contributed by atoms with Gasteiger partial charge in [0.05, 0.1) is 19.4 Å². The molecule has 0 aromatic carbocycles. The van der Waals surface area contributed by atoms with Gasteiger partial charge in [-0.3, -0.25) is 19.2 Å². The number of rotatable bonds is 10. The van der Waals surface area contributed by atoms with Gasteiger partial charge in [-0.15, -0.1) is 0 Å². The Morgan fingerprint density at radius 3 is 2.86 bits per heavy atom. The van der Waals surface area contributed by atoms with E-state index in [1.54, 1.807) is 30.2 Å². The van der Waals surface area contributed by atoms with E-state index in [9.17, 15) is 19.2 Å². The number of amides is 3. The molecule has 0 bridgehead atoms. The van der Waals surface area contributed by atoms with E-state index in [4.69, 9.17) is 9.15 Å². The van der Waals surface area contributed by atoms with E-state index in [1.165, 1.54) is 0 Å². The minimum atomic E-state index is -0.935. The van der Waals surface area contributed by atoms with Crippen molar-refractivity contribution in [2.75, 3.05) is 26.2 Å². The topological polar surface area (TPSA) is 109 Å². The fourth-order valence-electron chi connectivity index (χ4n) is 5.56. The lowest BCUT2D eigenvalue weighted by Gasteiger charge is -2.47.